The largest absolute Gasteiger partial charge is 0.472 e. The Hall–Kier alpha value is -2.88. The van der Waals surface area contributed by atoms with Crippen molar-refractivity contribution >= 4 is 23.4 Å². The number of aliphatic imine (C=N–C) groups is 1. The van der Waals surface area contributed by atoms with Crippen LogP contribution < -0.4 is 4.74 Å². The number of carbonyl (C=O) groups excluding carboxylic acids is 1. The highest BCUT2D eigenvalue weighted by Gasteiger charge is 2.08. The van der Waals surface area contributed by atoms with Gasteiger partial charge in [0, 0.05) is 22.8 Å². The average molecular weight is 340 g/mol. The van der Waals surface area contributed by atoms with Gasteiger partial charge in [-0.05, 0) is 42.8 Å². The van der Waals surface area contributed by atoms with Gasteiger partial charge in [0.15, 0.2) is 0 Å². The summed E-state index contributed by atoms with van der Waals surface area (Å²) in [6.45, 7) is 2.21. The summed E-state index contributed by atoms with van der Waals surface area (Å²) >= 11 is 5.89. The minimum atomic E-state index is 0.269. The van der Waals surface area contributed by atoms with Crippen molar-refractivity contribution in [2.45, 2.75) is 13.5 Å². The molecular weight excluding hydrogens is 326 g/mol. The zero-order chi connectivity index (χ0) is 16.9. The van der Waals surface area contributed by atoms with Crippen molar-refractivity contribution in [2.24, 2.45) is 4.99 Å². The number of halogens is 1. The zero-order valence-electron chi connectivity index (χ0n) is 12.9. The molecule has 24 heavy (non-hydrogen) atoms. The molecule has 2 aromatic carbocycles. The van der Waals surface area contributed by atoms with Crippen molar-refractivity contribution in [3.63, 3.8) is 0 Å². The van der Waals surface area contributed by atoms with Gasteiger partial charge in [0.2, 0.25) is 12.0 Å². The number of rotatable bonds is 5. The van der Waals surface area contributed by atoms with Crippen molar-refractivity contribution in [3.05, 3.63) is 70.9 Å². The van der Waals surface area contributed by atoms with Crippen molar-refractivity contribution in [1.82, 2.24) is 9.78 Å². The summed E-state index contributed by atoms with van der Waals surface area (Å²) in [6.07, 6.45) is 3.38. The molecule has 0 aliphatic rings. The van der Waals surface area contributed by atoms with Crippen LogP contribution in [0.1, 0.15) is 11.1 Å². The van der Waals surface area contributed by atoms with E-state index in [2.05, 4.69) is 10.1 Å². The summed E-state index contributed by atoms with van der Waals surface area (Å²) in [4.78, 5) is 14.3. The summed E-state index contributed by atoms with van der Waals surface area (Å²) in [6, 6.07) is 14.7. The van der Waals surface area contributed by atoms with Gasteiger partial charge in [-0.1, -0.05) is 23.7 Å². The highest BCUT2D eigenvalue weighted by Crippen LogP contribution is 2.24. The van der Waals surface area contributed by atoms with Crippen molar-refractivity contribution < 1.29 is 9.53 Å². The molecule has 0 amide bonds. The fraction of sp³-hybridized carbons (Fsp3) is 0.111. The van der Waals surface area contributed by atoms with Crippen molar-refractivity contribution in [1.29, 1.82) is 0 Å². The summed E-state index contributed by atoms with van der Waals surface area (Å²) in [5, 5.41) is 5.05. The van der Waals surface area contributed by atoms with Crippen LogP contribution in [-0.2, 0) is 11.4 Å². The first kappa shape index (κ1) is 16.0. The van der Waals surface area contributed by atoms with E-state index in [0.717, 1.165) is 16.8 Å². The molecule has 0 spiro atoms. The predicted octanol–water partition coefficient (Wildman–Crippen LogP) is 4.38. The molecule has 0 unspecified atom stereocenters. The number of ether oxygens (including phenoxy) is 1. The normalized spacial score (nSPS) is 10.2. The third-order valence-electron chi connectivity index (χ3n) is 3.57. The third kappa shape index (κ3) is 3.54. The number of aryl methyl sites for hydroxylation is 1. The van der Waals surface area contributed by atoms with Crippen LogP contribution >= 0.6 is 11.6 Å². The predicted molar refractivity (Wildman–Crippen MR) is 91.9 cm³/mol. The van der Waals surface area contributed by atoms with Crippen LogP contribution in [0.2, 0.25) is 5.02 Å². The Balaban J connectivity index is 1.77. The lowest BCUT2D eigenvalue weighted by Gasteiger charge is -2.08. The molecule has 3 rings (SSSR count). The minimum absolute atomic E-state index is 0.269. The minimum Gasteiger partial charge on any atom is -0.472 e. The molecule has 0 fully saturated rings. The topological polar surface area (TPSA) is 56.5 Å². The molecule has 120 valence electrons. The monoisotopic (exact) mass is 339 g/mol. The Morgan fingerprint density at radius 2 is 2.00 bits per heavy atom. The first-order valence-corrected chi connectivity index (χ1v) is 7.66. The maximum absolute atomic E-state index is 10.5. The Morgan fingerprint density at radius 1 is 1.21 bits per heavy atom. The number of benzene rings is 2. The van der Waals surface area contributed by atoms with E-state index in [0.29, 0.717) is 16.6 Å². The Bertz CT molecular complexity index is 897. The van der Waals surface area contributed by atoms with Gasteiger partial charge in [0.25, 0.3) is 0 Å². The lowest BCUT2D eigenvalue weighted by atomic mass is 10.1. The molecule has 1 aromatic heterocycles. The van der Waals surface area contributed by atoms with E-state index in [1.165, 1.54) is 0 Å². The van der Waals surface area contributed by atoms with E-state index in [9.17, 15) is 4.79 Å². The van der Waals surface area contributed by atoms with Gasteiger partial charge in [0.1, 0.15) is 6.61 Å². The van der Waals surface area contributed by atoms with Crippen LogP contribution in [0.5, 0.6) is 5.88 Å². The van der Waals surface area contributed by atoms with Gasteiger partial charge in [-0.3, -0.25) is 0 Å². The van der Waals surface area contributed by atoms with Gasteiger partial charge < -0.3 is 4.74 Å². The molecule has 0 radical (unpaired) electrons. The smallest absolute Gasteiger partial charge is 0.240 e. The SMILES string of the molecule is Cc1cccc(N=C=O)c1COc1ccn(-c2ccc(Cl)cc2)n1. The van der Waals surface area contributed by atoms with Gasteiger partial charge in [0.05, 0.1) is 11.4 Å². The zero-order valence-corrected chi connectivity index (χ0v) is 13.7. The first-order valence-electron chi connectivity index (χ1n) is 7.28. The molecule has 0 bridgehead atoms. The van der Waals surface area contributed by atoms with Gasteiger partial charge in [-0.2, -0.15) is 4.99 Å². The molecule has 0 saturated carbocycles. The van der Waals surface area contributed by atoms with Crippen LogP contribution in [0.4, 0.5) is 5.69 Å². The van der Waals surface area contributed by atoms with Crippen molar-refractivity contribution in [3.8, 4) is 11.6 Å². The second kappa shape index (κ2) is 7.13. The summed E-state index contributed by atoms with van der Waals surface area (Å²) in [5.41, 5.74) is 3.27. The molecule has 0 aliphatic heterocycles. The van der Waals surface area contributed by atoms with Crippen LogP contribution in [-0.4, -0.2) is 15.9 Å². The van der Waals surface area contributed by atoms with E-state index < -0.39 is 0 Å². The Morgan fingerprint density at radius 3 is 2.75 bits per heavy atom. The Kier molecular flexibility index (Phi) is 4.75. The number of hydrogen-bond acceptors (Lipinski definition) is 4. The lowest BCUT2D eigenvalue weighted by molar-refractivity contribution is 0.291. The van der Waals surface area contributed by atoms with Crippen LogP contribution in [0.25, 0.3) is 5.69 Å². The second-order valence-corrected chi connectivity index (χ2v) is 5.58. The fourth-order valence-electron chi connectivity index (χ4n) is 2.30. The highest BCUT2D eigenvalue weighted by molar-refractivity contribution is 6.30. The maximum atomic E-state index is 10.5. The lowest BCUT2D eigenvalue weighted by Crippen LogP contribution is -2.00. The molecule has 0 saturated heterocycles. The Labute approximate surface area is 144 Å². The average Bonchev–Trinajstić information content (AvgIpc) is 3.04. The molecule has 6 heteroatoms. The summed E-state index contributed by atoms with van der Waals surface area (Å²) in [7, 11) is 0. The van der Waals surface area contributed by atoms with Gasteiger partial charge >= 0.3 is 0 Å². The summed E-state index contributed by atoms with van der Waals surface area (Å²) < 4.78 is 7.44. The number of nitrogens with zero attached hydrogens (tertiary/aromatic N) is 3. The molecule has 5 nitrogen and oxygen atoms in total. The molecule has 1 heterocycles. The maximum Gasteiger partial charge on any atom is 0.240 e. The van der Waals surface area contributed by atoms with Crippen molar-refractivity contribution in [2.75, 3.05) is 0 Å². The van der Waals surface area contributed by atoms with E-state index >= 15 is 0 Å². The molecule has 0 atom stereocenters. The van der Waals surface area contributed by atoms with E-state index in [1.54, 1.807) is 41.2 Å². The second-order valence-electron chi connectivity index (χ2n) is 5.14. The van der Waals surface area contributed by atoms with E-state index in [-0.39, 0.29) is 6.61 Å². The summed E-state index contributed by atoms with van der Waals surface area (Å²) in [5.74, 6) is 0.481. The van der Waals surface area contributed by atoms with Crippen LogP contribution in [0.3, 0.4) is 0 Å². The molecular formula is C18H14ClN3O2. The molecule has 0 aliphatic carbocycles. The van der Waals surface area contributed by atoms with Gasteiger partial charge in [-0.25, -0.2) is 9.48 Å². The van der Waals surface area contributed by atoms with Crippen LogP contribution in [0, 0.1) is 6.92 Å². The number of hydrogen-bond donors (Lipinski definition) is 0. The first-order chi connectivity index (χ1) is 11.7. The highest BCUT2D eigenvalue weighted by atomic mass is 35.5. The number of isocyanates is 1. The number of aromatic nitrogens is 2. The third-order valence-corrected chi connectivity index (χ3v) is 3.82. The quantitative estimate of drug-likeness (QED) is 0.512. The van der Waals surface area contributed by atoms with Gasteiger partial charge in [-0.15, -0.1) is 5.10 Å². The standard InChI is InChI=1S/C18H14ClN3O2/c1-13-3-2-4-17(20-12-23)16(13)11-24-18-9-10-22(21-18)15-7-5-14(19)6-8-15/h2-10H,11H2,1H3. The van der Waals surface area contributed by atoms with E-state index in [4.69, 9.17) is 16.3 Å². The fourth-order valence-corrected chi connectivity index (χ4v) is 2.42. The molecule has 0 N–H and O–H groups in total. The van der Waals surface area contributed by atoms with E-state index in [1.807, 2.05) is 31.2 Å². The molecule has 3 aromatic rings. The van der Waals surface area contributed by atoms with Crippen LogP contribution in [0.15, 0.2) is 59.7 Å².